The lowest BCUT2D eigenvalue weighted by atomic mass is 9.88. The number of benzene rings is 1. The highest BCUT2D eigenvalue weighted by Crippen LogP contribution is 2.22. The number of hydrogen-bond donors (Lipinski definition) is 0. The molecule has 1 heterocycles. The highest BCUT2D eigenvalue weighted by atomic mass is 16.1. The van der Waals surface area contributed by atoms with E-state index in [0.717, 1.165) is 24.6 Å². The van der Waals surface area contributed by atoms with Crippen LogP contribution in [0.2, 0.25) is 0 Å². The molecule has 0 amide bonds. The molecular weight excluding hydrogens is 246 g/mol. The number of carbonyl (C=O) groups is 1. The number of hydrogen-bond acceptors (Lipinski definition) is 2. The predicted molar refractivity (Wildman–Crippen MR) is 84.2 cm³/mol. The van der Waals surface area contributed by atoms with Gasteiger partial charge in [0, 0.05) is 12.1 Å². The summed E-state index contributed by atoms with van der Waals surface area (Å²) < 4.78 is 0. The number of piperidine rings is 1. The van der Waals surface area contributed by atoms with E-state index in [1.165, 1.54) is 12.0 Å². The van der Waals surface area contributed by atoms with Gasteiger partial charge in [-0.3, -0.25) is 9.69 Å². The van der Waals surface area contributed by atoms with Crippen molar-refractivity contribution in [1.29, 1.82) is 0 Å². The normalized spacial score (nSPS) is 24.1. The molecule has 2 atom stereocenters. The van der Waals surface area contributed by atoms with Crippen LogP contribution in [0.25, 0.3) is 0 Å². The third-order valence-electron chi connectivity index (χ3n) is 4.68. The summed E-state index contributed by atoms with van der Waals surface area (Å²) in [5, 5.41) is 0. The number of carbonyl (C=O) groups excluding carboxylic acids is 1. The molecule has 2 heteroatoms. The molecule has 1 fully saturated rings. The molecule has 110 valence electrons. The molecule has 0 radical (unpaired) electrons. The van der Waals surface area contributed by atoms with Crippen molar-refractivity contribution in [2.75, 3.05) is 19.6 Å². The van der Waals surface area contributed by atoms with E-state index >= 15 is 0 Å². The molecule has 2 unspecified atom stereocenters. The summed E-state index contributed by atoms with van der Waals surface area (Å²) in [5.74, 6) is 2.25. The number of nitrogens with zero attached hydrogens (tertiary/aromatic N) is 1. The average molecular weight is 273 g/mol. The van der Waals surface area contributed by atoms with Gasteiger partial charge in [-0.2, -0.15) is 0 Å². The Morgan fingerprint density at radius 1 is 1.20 bits per heavy atom. The first-order chi connectivity index (χ1) is 9.47. The highest BCUT2D eigenvalue weighted by Gasteiger charge is 2.24. The second-order valence-corrected chi connectivity index (χ2v) is 6.68. The van der Waals surface area contributed by atoms with Crippen LogP contribution in [-0.2, 0) is 0 Å². The molecule has 1 aliphatic rings. The molecule has 0 bridgehead atoms. The summed E-state index contributed by atoms with van der Waals surface area (Å²) in [7, 11) is 0. The monoisotopic (exact) mass is 273 g/mol. The Bertz CT molecular complexity index is 449. The Morgan fingerprint density at radius 3 is 2.40 bits per heavy atom. The minimum Gasteiger partial charge on any atom is -0.296 e. The smallest absolute Gasteiger partial charge is 0.176 e. The molecule has 1 saturated heterocycles. The van der Waals surface area contributed by atoms with Crippen LogP contribution in [-0.4, -0.2) is 30.3 Å². The van der Waals surface area contributed by atoms with Gasteiger partial charge in [0.05, 0.1) is 6.54 Å². The van der Waals surface area contributed by atoms with Crippen LogP contribution in [0.15, 0.2) is 24.3 Å². The fourth-order valence-electron chi connectivity index (χ4n) is 2.84. The summed E-state index contributed by atoms with van der Waals surface area (Å²) in [4.78, 5) is 14.6. The van der Waals surface area contributed by atoms with E-state index in [4.69, 9.17) is 0 Å². The number of ketones is 1. The highest BCUT2D eigenvalue weighted by molar-refractivity contribution is 5.97. The molecule has 0 saturated carbocycles. The molecule has 20 heavy (non-hydrogen) atoms. The molecule has 2 rings (SSSR count). The zero-order valence-corrected chi connectivity index (χ0v) is 13.2. The molecule has 1 aliphatic heterocycles. The number of Topliss-reactive ketones (excluding diaryl/α,β-unsaturated/α-hetero) is 1. The Kier molecular flexibility index (Phi) is 4.98. The second-order valence-electron chi connectivity index (χ2n) is 6.68. The van der Waals surface area contributed by atoms with Gasteiger partial charge in [-0.1, -0.05) is 52.0 Å². The first-order valence-corrected chi connectivity index (χ1v) is 7.83. The SMILES string of the molecule is CC(C)c1ccc(C(=O)CN2CCC(C)C(C)C2)cc1. The van der Waals surface area contributed by atoms with Gasteiger partial charge in [0.2, 0.25) is 0 Å². The van der Waals surface area contributed by atoms with Crippen LogP contribution in [0.5, 0.6) is 0 Å². The van der Waals surface area contributed by atoms with Crippen LogP contribution in [0, 0.1) is 11.8 Å². The van der Waals surface area contributed by atoms with Gasteiger partial charge in [0.15, 0.2) is 5.78 Å². The first-order valence-electron chi connectivity index (χ1n) is 7.83. The minimum absolute atomic E-state index is 0.252. The Balaban J connectivity index is 1.94. The summed E-state index contributed by atoms with van der Waals surface area (Å²) in [6.07, 6.45) is 1.21. The van der Waals surface area contributed by atoms with Crippen molar-refractivity contribution in [3.63, 3.8) is 0 Å². The van der Waals surface area contributed by atoms with E-state index < -0.39 is 0 Å². The summed E-state index contributed by atoms with van der Waals surface area (Å²) in [5.41, 5.74) is 2.14. The van der Waals surface area contributed by atoms with Crippen LogP contribution >= 0.6 is 0 Å². The van der Waals surface area contributed by atoms with Crippen molar-refractivity contribution in [1.82, 2.24) is 4.90 Å². The zero-order chi connectivity index (χ0) is 14.7. The van der Waals surface area contributed by atoms with E-state index in [0.29, 0.717) is 18.4 Å². The van der Waals surface area contributed by atoms with Crippen LogP contribution < -0.4 is 0 Å². The zero-order valence-electron chi connectivity index (χ0n) is 13.2. The standard InChI is InChI=1S/C18H27NO/c1-13(2)16-5-7-17(8-6-16)18(20)12-19-10-9-14(3)15(4)11-19/h5-8,13-15H,9-12H2,1-4H3. The van der Waals surface area contributed by atoms with Crippen LogP contribution in [0.4, 0.5) is 0 Å². The molecule has 0 spiro atoms. The maximum Gasteiger partial charge on any atom is 0.176 e. The molecule has 1 aromatic rings. The molecule has 0 N–H and O–H groups in total. The molecular formula is C18H27NO. The fourth-order valence-corrected chi connectivity index (χ4v) is 2.84. The van der Waals surface area contributed by atoms with E-state index in [9.17, 15) is 4.79 Å². The largest absolute Gasteiger partial charge is 0.296 e. The van der Waals surface area contributed by atoms with E-state index in [1.807, 2.05) is 12.1 Å². The minimum atomic E-state index is 0.252. The third-order valence-corrected chi connectivity index (χ3v) is 4.68. The summed E-state index contributed by atoms with van der Waals surface area (Å²) in [6.45, 7) is 11.6. The average Bonchev–Trinajstić information content (AvgIpc) is 2.43. The molecule has 0 aliphatic carbocycles. The lowest BCUT2D eigenvalue weighted by Crippen LogP contribution is -2.41. The van der Waals surface area contributed by atoms with Crippen LogP contribution in [0.1, 0.15) is 56.0 Å². The van der Waals surface area contributed by atoms with Crippen molar-refractivity contribution < 1.29 is 4.79 Å². The topological polar surface area (TPSA) is 20.3 Å². The maximum absolute atomic E-state index is 12.3. The molecule has 2 nitrogen and oxygen atoms in total. The Hall–Kier alpha value is -1.15. The molecule has 0 aromatic heterocycles. The van der Waals surface area contributed by atoms with Crippen molar-refractivity contribution in [3.05, 3.63) is 35.4 Å². The van der Waals surface area contributed by atoms with Crippen molar-refractivity contribution >= 4 is 5.78 Å². The predicted octanol–water partition coefficient (Wildman–Crippen LogP) is 3.97. The first kappa shape index (κ1) is 15.2. The summed E-state index contributed by atoms with van der Waals surface area (Å²) in [6, 6.07) is 8.12. The van der Waals surface area contributed by atoms with Gasteiger partial charge < -0.3 is 0 Å². The number of likely N-dealkylation sites (tertiary alicyclic amines) is 1. The van der Waals surface area contributed by atoms with Gasteiger partial charge in [-0.05, 0) is 36.3 Å². The van der Waals surface area contributed by atoms with Crippen LogP contribution in [0.3, 0.4) is 0 Å². The number of rotatable bonds is 4. The molecule has 1 aromatic carbocycles. The summed E-state index contributed by atoms with van der Waals surface area (Å²) >= 11 is 0. The Morgan fingerprint density at radius 2 is 1.85 bits per heavy atom. The lowest BCUT2D eigenvalue weighted by molar-refractivity contribution is 0.0849. The maximum atomic E-state index is 12.3. The van der Waals surface area contributed by atoms with Gasteiger partial charge >= 0.3 is 0 Å². The third kappa shape index (κ3) is 3.69. The van der Waals surface area contributed by atoms with E-state index in [-0.39, 0.29) is 5.78 Å². The van der Waals surface area contributed by atoms with E-state index in [2.05, 4.69) is 44.7 Å². The van der Waals surface area contributed by atoms with Crippen molar-refractivity contribution in [2.24, 2.45) is 11.8 Å². The van der Waals surface area contributed by atoms with E-state index in [1.54, 1.807) is 0 Å². The quantitative estimate of drug-likeness (QED) is 0.774. The lowest BCUT2D eigenvalue weighted by Gasteiger charge is -2.34. The second kappa shape index (κ2) is 6.53. The van der Waals surface area contributed by atoms with Crippen molar-refractivity contribution in [3.8, 4) is 0 Å². The van der Waals surface area contributed by atoms with Gasteiger partial charge in [0.25, 0.3) is 0 Å². The van der Waals surface area contributed by atoms with Gasteiger partial charge in [-0.15, -0.1) is 0 Å². The van der Waals surface area contributed by atoms with Gasteiger partial charge in [0.1, 0.15) is 0 Å². The van der Waals surface area contributed by atoms with Gasteiger partial charge in [-0.25, -0.2) is 0 Å². The van der Waals surface area contributed by atoms with Crippen molar-refractivity contribution in [2.45, 2.75) is 40.0 Å². The Labute approximate surface area is 123 Å². The fraction of sp³-hybridized carbons (Fsp3) is 0.611.